The van der Waals surface area contributed by atoms with Crippen LogP contribution in [0.1, 0.15) is 15.9 Å². The lowest BCUT2D eigenvalue weighted by Gasteiger charge is -2.08. The zero-order valence-corrected chi connectivity index (χ0v) is 15.7. The Morgan fingerprint density at radius 1 is 0.793 bits per heavy atom. The van der Waals surface area contributed by atoms with Crippen molar-refractivity contribution in [3.05, 3.63) is 109 Å². The Kier molecular flexibility index (Phi) is 5.58. The molecule has 142 valence electrons. The van der Waals surface area contributed by atoms with Gasteiger partial charge in [-0.1, -0.05) is 30.3 Å². The van der Waals surface area contributed by atoms with E-state index in [0.717, 1.165) is 28.2 Å². The molecule has 2 heterocycles. The van der Waals surface area contributed by atoms with Gasteiger partial charge < -0.3 is 10.1 Å². The van der Waals surface area contributed by atoms with E-state index in [1.165, 1.54) is 0 Å². The van der Waals surface area contributed by atoms with Crippen molar-refractivity contribution in [3.63, 3.8) is 0 Å². The second-order valence-electron chi connectivity index (χ2n) is 6.44. The van der Waals surface area contributed by atoms with Gasteiger partial charge in [-0.3, -0.25) is 14.8 Å². The van der Waals surface area contributed by atoms with Gasteiger partial charge in [0, 0.05) is 36.9 Å². The van der Waals surface area contributed by atoms with Crippen LogP contribution in [-0.2, 0) is 6.54 Å². The van der Waals surface area contributed by atoms with Gasteiger partial charge in [-0.25, -0.2) is 0 Å². The summed E-state index contributed by atoms with van der Waals surface area (Å²) in [5.41, 5.74) is 3.34. The van der Waals surface area contributed by atoms with Crippen LogP contribution in [0.2, 0.25) is 0 Å². The number of aromatic nitrogens is 2. The summed E-state index contributed by atoms with van der Waals surface area (Å²) in [6, 6.07) is 22.9. The maximum absolute atomic E-state index is 12.5. The number of pyridine rings is 2. The van der Waals surface area contributed by atoms with E-state index in [9.17, 15) is 4.79 Å². The van der Waals surface area contributed by atoms with Crippen molar-refractivity contribution < 1.29 is 9.53 Å². The second kappa shape index (κ2) is 8.80. The number of amides is 1. The molecule has 5 heteroatoms. The zero-order chi connectivity index (χ0) is 19.9. The SMILES string of the molecule is O=C(NCc1ccncc1)c1cncc(-c2ccc(Oc3ccccc3)cc2)c1. The molecule has 0 bridgehead atoms. The Bertz CT molecular complexity index is 1080. The summed E-state index contributed by atoms with van der Waals surface area (Å²) in [5, 5.41) is 2.90. The summed E-state index contributed by atoms with van der Waals surface area (Å²) in [4.78, 5) is 20.7. The molecule has 0 aliphatic rings. The van der Waals surface area contributed by atoms with Gasteiger partial charge in [-0.2, -0.15) is 0 Å². The number of rotatable bonds is 6. The summed E-state index contributed by atoms with van der Waals surface area (Å²) >= 11 is 0. The molecule has 0 unspecified atom stereocenters. The van der Waals surface area contributed by atoms with E-state index in [0.29, 0.717) is 12.1 Å². The first kappa shape index (κ1) is 18.4. The first-order chi connectivity index (χ1) is 14.3. The summed E-state index contributed by atoms with van der Waals surface area (Å²) < 4.78 is 5.82. The quantitative estimate of drug-likeness (QED) is 0.518. The third-order valence-corrected chi connectivity index (χ3v) is 4.37. The van der Waals surface area contributed by atoms with Gasteiger partial charge in [0.1, 0.15) is 11.5 Å². The molecule has 2 aromatic carbocycles. The fourth-order valence-electron chi connectivity index (χ4n) is 2.85. The van der Waals surface area contributed by atoms with Gasteiger partial charge in [0.15, 0.2) is 0 Å². The summed E-state index contributed by atoms with van der Waals surface area (Å²) in [6.07, 6.45) is 6.72. The van der Waals surface area contributed by atoms with Crippen LogP contribution < -0.4 is 10.1 Å². The average molecular weight is 381 g/mol. The van der Waals surface area contributed by atoms with Crippen LogP contribution in [0.4, 0.5) is 0 Å². The average Bonchev–Trinajstić information content (AvgIpc) is 2.79. The predicted octanol–water partition coefficient (Wildman–Crippen LogP) is 4.87. The summed E-state index contributed by atoms with van der Waals surface area (Å²) in [5.74, 6) is 1.37. The van der Waals surface area contributed by atoms with Crippen LogP contribution in [-0.4, -0.2) is 15.9 Å². The van der Waals surface area contributed by atoms with Crippen molar-refractivity contribution in [2.24, 2.45) is 0 Å². The maximum atomic E-state index is 12.5. The molecule has 29 heavy (non-hydrogen) atoms. The number of benzene rings is 2. The van der Waals surface area contributed by atoms with Gasteiger partial charge in [0.25, 0.3) is 5.91 Å². The molecule has 2 aromatic heterocycles. The van der Waals surface area contributed by atoms with E-state index in [1.807, 2.05) is 72.8 Å². The van der Waals surface area contributed by atoms with E-state index in [4.69, 9.17) is 4.74 Å². The lowest BCUT2D eigenvalue weighted by molar-refractivity contribution is 0.0950. The fourth-order valence-corrected chi connectivity index (χ4v) is 2.85. The number of ether oxygens (including phenoxy) is 1. The van der Waals surface area contributed by atoms with Crippen molar-refractivity contribution in [2.45, 2.75) is 6.54 Å². The Balaban J connectivity index is 1.44. The number of para-hydroxylation sites is 1. The first-order valence-corrected chi connectivity index (χ1v) is 9.23. The molecule has 0 aliphatic carbocycles. The molecule has 5 nitrogen and oxygen atoms in total. The van der Waals surface area contributed by atoms with Crippen LogP contribution in [0.15, 0.2) is 97.6 Å². The normalized spacial score (nSPS) is 10.3. The Morgan fingerprint density at radius 2 is 1.52 bits per heavy atom. The number of carbonyl (C=O) groups is 1. The number of hydrogen-bond acceptors (Lipinski definition) is 4. The Morgan fingerprint density at radius 3 is 2.28 bits per heavy atom. The van der Waals surface area contributed by atoms with E-state index in [-0.39, 0.29) is 5.91 Å². The molecule has 1 N–H and O–H groups in total. The summed E-state index contributed by atoms with van der Waals surface area (Å²) in [6.45, 7) is 0.442. The molecule has 0 atom stereocenters. The molecule has 0 fully saturated rings. The van der Waals surface area contributed by atoms with Crippen LogP contribution >= 0.6 is 0 Å². The molecule has 4 rings (SSSR count). The molecule has 0 saturated heterocycles. The van der Waals surface area contributed by atoms with Crippen molar-refractivity contribution >= 4 is 5.91 Å². The molecule has 0 spiro atoms. The monoisotopic (exact) mass is 381 g/mol. The highest BCUT2D eigenvalue weighted by molar-refractivity contribution is 5.95. The standard InChI is InChI=1S/C24H19N3O2/c28-24(27-15-18-10-12-25-13-11-18)21-14-20(16-26-17-21)19-6-8-23(9-7-19)29-22-4-2-1-3-5-22/h1-14,16-17H,15H2,(H,27,28). The smallest absolute Gasteiger partial charge is 0.253 e. The highest BCUT2D eigenvalue weighted by atomic mass is 16.5. The molecule has 0 aliphatic heterocycles. The van der Waals surface area contributed by atoms with Crippen molar-refractivity contribution in [2.75, 3.05) is 0 Å². The van der Waals surface area contributed by atoms with Crippen LogP contribution in [0.3, 0.4) is 0 Å². The van der Waals surface area contributed by atoms with Gasteiger partial charge in [-0.05, 0) is 53.6 Å². The molecule has 1 amide bonds. The van der Waals surface area contributed by atoms with Crippen LogP contribution in [0.5, 0.6) is 11.5 Å². The van der Waals surface area contributed by atoms with Crippen molar-refractivity contribution in [1.29, 1.82) is 0 Å². The maximum Gasteiger partial charge on any atom is 0.253 e. The summed E-state index contributed by atoms with van der Waals surface area (Å²) in [7, 11) is 0. The Labute approximate surface area is 169 Å². The lowest BCUT2D eigenvalue weighted by Crippen LogP contribution is -2.22. The number of hydrogen-bond donors (Lipinski definition) is 1. The zero-order valence-electron chi connectivity index (χ0n) is 15.7. The molecule has 0 radical (unpaired) electrons. The highest BCUT2D eigenvalue weighted by Crippen LogP contribution is 2.25. The van der Waals surface area contributed by atoms with Crippen LogP contribution in [0.25, 0.3) is 11.1 Å². The van der Waals surface area contributed by atoms with Gasteiger partial charge in [-0.15, -0.1) is 0 Å². The second-order valence-corrected chi connectivity index (χ2v) is 6.44. The fraction of sp³-hybridized carbons (Fsp3) is 0.0417. The molecular formula is C24H19N3O2. The number of nitrogens with one attached hydrogen (secondary N) is 1. The topological polar surface area (TPSA) is 64.1 Å². The van der Waals surface area contributed by atoms with Gasteiger partial charge in [0.05, 0.1) is 5.56 Å². The minimum Gasteiger partial charge on any atom is -0.457 e. The third-order valence-electron chi connectivity index (χ3n) is 4.37. The third kappa shape index (κ3) is 4.84. The highest BCUT2D eigenvalue weighted by Gasteiger charge is 2.08. The lowest BCUT2D eigenvalue weighted by atomic mass is 10.1. The minimum atomic E-state index is -0.166. The largest absolute Gasteiger partial charge is 0.457 e. The van der Waals surface area contributed by atoms with E-state index in [1.54, 1.807) is 24.8 Å². The first-order valence-electron chi connectivity index (χ1n) is 9.23. The number of carbonyl (C=O) groups excluding carboxylic acids is 1. The molecule has 0 saturated carbocycles. The minimum absolute atomic E-state index is 0.166. The molecule has 4 aromatic rings. The van der Waals surface area contributed by atoms with Gasteiger partial charge in [0.2, 0.25) is 0 Å². The van der Waals surface area contributed by atoms with E-state index >= 15 is 0 Å². The predicted molar refractivity (Wildman–Crippen MR) is 112 cm³/mol. The van der Waals surface area contributed by atoms with E-state index in [2.05, 4.69) is 15.3 Å². The van der Waals surface area contributed by atoms with Crippen molar-refractivity contribution in [1.82, 2.24) is 15.3 Å². The van der Waals surface area contributed by atoms with Crippen LogP contribution in [0, 0.1) is 0 Å². The van der Waals surface area contributed by atoms with Gasteiger partial charge >= 0.3 is 0 Å². The molecular weight excluding hydrogens is 362 g/mol. The van der Waals surface area contributed by atoms with E-state index < -0.39 is 0 Å². The van der Waals surface area contributed by atoms with Crippen molar-refractivity contribution in [3.8, 4) is 22.6 Å². The number of nitrogens with zero attached hydrogens (tertiary/aromatic N) is 2. The Hall–Kier alpha value is -3.99.